The summed E-state index contributed by atoms with van der Waals surface area (Å²) >= 11 is 0. The Bertz CT molecular complexity index is 1490. The van der Waals surface area contributed by atoms with Crippen molar-refractivity contribution >= 4 is 11.4 Å². The third kappa shape index (κ3) is 3.53. The number of anilines is 2. The Hall–Kier alpha value is -4.18. The highest BCUT2D eigenvalue weighted by Crippen LogP contribution is 2.56. The second kappa shape index (κ2) is 9.12. The number of hydrogen-bond acceptors (Lipinski definition) is 3. The van der Waals surface area contributed by atoms with Crippen LogP contribution in [-0.4, -0.2) is 0 Å². The van der Waals surface area contributed by atoms with Gasteiger partial charge in [0.2, 0.25) is 0 Å². The van der Waals surface area contributed by atoms with Crippen LogP contribution in [0.15, 0.2) is 121 Å². The second-order valence-electron chi connectivity index (χ2n) is 9.35. The van der Waals surface area contributed by atoms with Gasteiger partial charge in [-0.3, -0.25) is 0 Å². The molecule has 0 amide bonds. The zero-order valence-electron chi connectivity index (χ0n) is 20.1. The number of fused-ring (bicyclic) bond motifs is 3. The molecule has 36 heavy (non-hydrogen) atoms. The Morgan fingerprint density at radius 1 is 0.500 bits per heavy atom. The van der Waals surface area contributed by atoms with Crippen molar-refractivity contribution in [2.24, 2.45) is 11.5 Å². The summed E-state index contributed by atoms with van der Waals surface area (Å²) < 4.78 is 0. The van der Waals surface area contributed by atoms with Gasteiger partial charge in [0, 0.05) is 24.5 Å². The lowest BCUT2D eigenvalue weighted by atomic mass is 9.67. The van der Waals surface area contributed by atoms with Crippen molar-refractivity contribution in [3.05, 3.63) is 155 Å². The van der Waals surface area contributed by atoms with Gasteiger partial charge in [0.15, 0.2) is 0 Å². The lowest BCUT2D eigenvalue weighted by molar-refractivity contribution is 0.768. The van der Waals surface area contributed by atoms with Crippen molar-refractivity contribution in [3.63, 3.8) is 0 Å². The van der Waals surface area contributed by atoms with Gasteiger partial charge < -0.3 is 16.8 Å². The van der Waals surface area contributed by atoms with Crippen LogP contribution in [0.2, 0.25) is 0 Å². The normalized spacial score (nSPS) is 13.2. The van der Waals surface area contributed by atoms with E-state index in [-0.39, 0.29) is 0 Å². The van der Waals surface area contributed by atoms with E-state index in [4.69, 9.17) is 11.5 Å². The summed E-state index contributed by atoms with van der Waals surface area (Å²) in [4.78, 5) is 0. The molecule has 0 spiro atoms. The monoisotopic (exact) mass is 467 g/mol. The summed E-state index contributed by atoms with van der Waals surface area (Å²) in [6.45, 7) is 1.05. The Morgan fingerprint density at radius 3 is 1.72 bits per heavy atom. The summed E-state index contributed by atoms with van der Waals surface area (Å²) in [5.74, 6) is 0. The zero-order valence-corrected chi connectivity index (χ0v) is 20.1. The molecule has 5 N–H and O–H groups in total. The van der Waals surface area contributed by atoms with Crippen LogP contribution in [0.3, 0.4) is 0 Å². The van der Waals surface area contributed by atoms with Crippen LogP contribution in [0.25, 0.3) is 11.1 Å². The SMILES string of the molecule is NCc1ccc(C2(c3cccc(Nc4cccc(CN)c4)c3)c3ccccc3-c3ccccc32)cc1. The average molecular weight is 468 g/mol. The van der Waals surface area contributed by atoms with E-state index in [1.165, 1.54) is 33.4 Å². The van der Waals surface area contributed by atoms with Gasteiger partial charge in [-0.25, -0.2) is 0 Å². The lowest BCUT2D eigenvalue weighted by Gasteiger charge is -2.34. The van der Waals surface area contributed by atoms with Crippen molar-refractivity contribution in [3.8, 4) is 11.1 Å². The van der Waals surface area contributed by atoms with Crippen LogP contribution in [0.5, 0.6) is 0 Å². The van der Waals surface area contributed by atoms with Gasteiger partial charge in [0.1, 0.15) is 0 Å². The van der Waals surface area contributed by atoms with Gasteiger partial charge in [0.25, 0.3) is 0 Å². The molecule has 3 heteroatoms. The van der Waals surface area contributed by atoms with Gasteiger partial charge in [-0.2, -0.15) is 0 Å². The van der Waals surface area contributed by atoms with Crippen molar-refractivity contribution in [2.45, 2.75) is 18.5 Å². The molecule has 176 valence electrons. The molecule has 0 saturated heterocycles. The highest BCUT2D eigenvalue weighted by atomic mass is 14.9. The minimum absolute atomic E-state index is 0.433. The maximum atomic E-state index is 5.95. The summed E-state index contributed by atoms with van der Waals surface area (Å²) in [5, 5.41) is 3.61. The van der Waals surface area contributed by atoms with E-state index >= 15 is 0 Å². The number of nitrogens with one attached hydrogen (secondary N) is 1. The summed E-state index contributed by atoms with van der Waals surface area (Å²) in [6.07, 6.45) is 0. The first-order valence-corrected chi connectivity index (χ1v) is 12.4. The number of nitrogens with two attached hydrogens (primary N) is 2. The van der Waals surface area contributed by atoms with E-state index in [9.17, 15) is 0 Å². The van der Waals surface area contributed by atoms with E-state index in [0.717, 1.165) is 22.5 Å². The highest BCUT2D eigenvalue weighted by molar-refractivity contribution is 5.86. The van der Waals surface area contributed by atoms with Gasteiger partial charge >= 0.3 is 0 Å². The van der Waals surface area contributed by atoms with Crippen LogP contribution in [0.1, 0.15) is 33.4 Å². The van der Waals surface area contributed by atoms with Gasteiger partial charge in [-0.05, 0) is 68.8 Å². The smallest absolute Gasteiger partial charge is 0.0714 e. The number of benzene rings is 5. The van der Waals surface area contributed by atoms with E-state index in [0.29, 0.717) is 13.1 Å². The summed E-state index contributed by atoms with van der Waals surface area (Å²) in [5.41, 5.74) is 23.3. The van der Waals surface area contributed by atoms with Crippen molar-refractivity contribution < 1.29 is 0 Å². The van der Waals surface area contributed by atoms with Gasteiger partial charge in [-0.15, -0.1) is 0 Å². The molecule has 1 aliphatic carbocycles. The van der Waals surface area contributed by atoms with Crippen LogP contribution in [-0.2, 0) is 18.5 Å². The molecular formula is C33H29N3. The number of hydrogen-bond donors (Lipinski definition) is 3. The third-order valence-electron chi connectivity index (χ3n) is 7.32. The second-order valence-corrected chi connectivity index (χ2v) is 9.35. The van der Waals surface area contributed by atoms with Crippen LogP contribution in [0, 0.1) is 0 Å². The fourth-order valence-electron chi connectivity index (χ4n) is 5.69. The molecule has 0 fully saturated rings. The minimum atomic E-state index is -0.433. The molecule has 0 aromatic heterocycles. The molecule has 5 aromatic carbocycles. The largest absolute Gasteiger partial charge is 0.356 e. The molecule has 1 aliphatic rings. The minimum Gasteiger partial charge on any atom is -0.356 e. The maximum absolute atomic E-state index is 5.95. The Balaban J connectivity index is 1.58. The standard InChI is InChI=1S/C33H29N3/c34-21-23-15-17-25(18-16-23)33(31-13-3-1-11-29(31)30-12-2-4-14-32(30)33)26-8-6-10-28(20-26)36-27-9-5-7-24(19-27)22-35/h1-20,36H,21-22,34-35H2. The Kier molecular flexibility index (Phi) is 5.65. The highest BCUT2D eigenvalue weighted by Gasteiger charge is 2.45. The lowest BCUT2D eigenvalue weighted by Crippen LogP contribution is -2.28. The molecule has 3 nitrogen and oxygen atoms in total. The molecule has 0 atom stereocenters. The van der Waals surface area contributed by atoms with Gasteiger partial charge in [0.05, 0.1) is 5.41 Å². The molecule has 0 radical (unpaired) electrons. The van der Waals surface area contributed by atoms with Crippen LogP contribution >= 0.6 is 0 Å². The summed E-state index contributed by atoms with van der Waals surface area (Å²) in [6, 6.07) is 43.4. The molecule has 6 rings (SSSR count). The third-order valence-corrected chi connectivity index (χ3v) is 7.32. The summed E-state index contributed by atoms with van der Waals surface area (Å²) in [7, 11) is 0. The molecule has 0 bridgehead atoms. The van der Waals surface area contributed by atoms with Gasteiger partial charge in [-0.1, -0.05) is 97.1 Å². The first-order chi connectivity index (χ1) is 17.7. The van der Waals surface area contributed by atoms with E-state index in [2.05, 4.69) is 115 Å². The number of rotatable bonds is 6. The molecule has 0 aliphatic heterocycles. The quantitative estimate of drug-likeness (QED) is 0.255. The van der Waals surface area contributed by atoms with E-state index in [1.807, 2.05) is 12.1 Å². The Morgan fingerprint density at radius 2 is 1.08 bits per heavy atom. The van der Waals surface area contributed by atoms with Crippen molar-refractivity contribution in [1.82, 2.24) is 0 Å². The molecule has 0 saturated carbocycles. The first kappa shape index (κ1) is 22.3. The molecular weight excluding hydrogens is 438 g/mol. The molecule has 5 aromatic rings. The predicted octanol–water partition coefficient (Wildman–Crippen LogP) is 6.71. The van der Waals surface area contributed by atoms with Crippen LogP contribution < -0.4 is 16.8 Å². The molecule has 0 heterocycles. The van der Waals surface area contributed by atoms with Crippen molar-refractivity contribution in [1.29, 1.82) is 0 Å². The van der Waals surface area contributed by atoms with Crippen LogP contribution in [0.4, 0.5) is 11.4 Å². The van der Waals surface area contributed by atoms with E-state index < -0.39 is 5.41 Å². The molecule has 0 unspecified atom stereocenters. The maximum Gasteiger partial charge on any atom is 0.0714 e. The first-order valence-electron chi connectivity index (χ1n) is 12.4. The topological polar surface area (TPSA) is 64.1 Å². The Labute approximate surface area is 212 Å². The average Bonchev–Trinajstić information content (AvgIpc) is 3.25. The predicted molar refractivity (Wildman–Crippen MR) is 149 cm³/mol. The fourth-order valence-corrected chi connectivity index (χ4v) is 5.69. The zero-order chi connectivity index (χ0) is 24.5. The fraction of sp³-hybridized carbons (Fsp3) is 0.0909. The van der Waals surface area contributed by atoms with E-state index in [1.54, 1.807) is 0 Å². The van der Waals surface area contributed by atoms with Crippen molar-refractivity contribution in [2.75, 3.05) is 5.32 Å².